The molecule has 0 bridgehead atoms. The second-order valence-corrected chi connectivity index (χ2v) is 6.83. The molecule has 1 aliphatic heterocycles. The van der Waals surface area contributed by atoms with Gasteiger partial charge in [0.1, 0.15) is 5.60 Å². The minimum Gasteiger partial charge on any atom is -0.466 e. The number of amides is 2. The van der Waals surface area contributed by atoms with Crippen LogP contribution in [0.15, 0.2) is 24.3 Å². The number of anilines is 1. The maximum Gasteiger partial charge on any atom is 0.427 e. The van der Waals surface area contributed by atoms with Crippen molar-refractivity contribution in [2.75, 3.05) is 11.6 Å². The molecule has 1 atom stereocenters. The first kappa shape index (κ1) is 18.8. The lowest BCUT2D eigenvalue weighted by Gasteiger charge is -2.34. The van der Waals surface area contributed by atoms with E-state index in [1.807, 2.05) is 12.1 Å². The van der Waals surface area contributed by atoms with Crippen LogP contribution in [0.1, 0.15) is 39.7 Å². The molecule has 2 rings (SSSR count). The highest BCUT2D eigenvalue weighted by Gasteiger charge is 2.36. The number of carbonyl (C=O) groups excluding carboxylic acids is 3. The van der Waals surface area contributed by atoms with Gasteiger partial charge >= 0.3 is 12.1 Å². The zero-order valence-electron chi connectivity index (χ0n) is 15.0. The van der Waals surface area contributed by atoms with Crippen molar-refractivity contribution in [2.45, 2.75) is 46.1 Å². The Morgan fingerprint density at radius 1 is 1.28 bits per heavy atom. The van der Waals surface area contributed by atoms with Gasteiger partial charge in [0.15, 0.2) is 0 Å². The molecular weight excluding hydrogens is 324 g/mol. The Balaban J connectivity index is 2.22. The standard InChI is InChI=1S/C18H24N2O5/c1-5-24-15(21)11-13-10-12-8-6-7-9-14(12)20(16(13)22)19-17(23)25-18(2,3)4/h6-9,13H,5,10-11H2,1-4H3,(H,19,23)/t13-/m0/s1. The molecule has 136 valence electrons. The van der Waals surface area contributed by atoms with E-state index in [4.69, 9.17) is 9.47 Å². The van der Waals surface area contributed by atoms with Gasteiger partial charge in [-0.05, 0) is 45.7 Å². The number of benzene rings is 1. The van der Waals surface area contributed by atoms with Crippen molar-refractivity contribution in [1.29, 1.82) is 0 Å². The highest BCUT2D eigenvalue weighted by Crippen LogP contribution is 2.31. The number of nitrogens with one attached hydrogen (secondary N) is 1. The zero-order chi connectivity index (χ0) is 18.6. The van der Waals surface area contributed by atoms with E-state index in [9.17, 15) is 14.4 Å². The molecule has 1 N–H and O–H groups in total. The largest absolute Gasteiger partial charge is 0.466 e. The molecule has 1 heterocycles. The van der Waals surface area contributed by atoms with Gasteiger partial charge < -0.3 is 9.47 Å². The number of hydrogen-bond donors (Lipinski definition) is 1. The summed E-state index contributed by atoms with van der Waals surface area (Å²) in [5.41, 5.74) is 3.25. The van der Waals surface area contributed by atoms with Crippen LogP contribution in [0, 0.1) is 5.92 Å². The molecule has 0 radical (unpaired) electrons. The Morgan fingerprint density at radius 2 is 1.96 bits per heavy atom. The Labute approximate surface area is 147 Å². The molecule has 0 unspecified atom stereocenters. The van der Waals surface area contributed by atoms with Gasteiger partial charge in [0.25, 0.3) is 0 Å². The van der Waals surface area contributed by atoms with Gasteiger partial charge in [-0.15, -0.1) is 0 Å². The normalized spacial score (nSPS) is 16.9. The van der Waals surface area contributed by atoms with Crippen molar-refractivity contribution in [3.63, 3.8) is 0 Å². The van der Waals surface area contributed by atoms with Crippen molar-refractivity contribution in [3.8, 4) is 0 Å². The molecule has 0 aliphatic carbocycles. The van der Waals surface area contributed by atoms with Gasteiger partial charge in [-0.25, -0.2) is 15.2 Å². The molecular formula is C18H24N2O5. The SMILES string of the molecule is CCOC(=O)C[C@@H]1Cc2ccccc2N(NC(=O)OC(C)(C)C)C1=O. The molecule has 0 spiro atoms. The summed E-state index contributed by atoms with van der Waals surface area (Å²) in [7, 11) is 0. The van der Waals surface area contributed by atoms with Crippen LogP contribution in [0.2, 0.25) is 0 Å². The summed E-state index contributed by atoms with van der Waals surface area (Å²) in [5, 5.41) is 1.16. The van der Waals surface area contributed by atoms with Crippen molar-refractivity contribution in [3.05, 3.63) is 29.8 Å². The number of rotatable bonds is 4. The maximum atomic E-state index is 12.8. The predicted octanol–water partition coefficient (Wildman–Crippen LogP) is 2.58. The van der Waals surface area contributed by atoms with Crippen molar-refractivity contribution in [1.82, 2.24) is 5.43 Å². The minimum atomic E-state index is -0.729. The third-order valence-electron chi connectivity index (χ3n) is 3.59. The van der Waals surface area contributed by atoms with Crippen molar-refractivity contribution >= 4 is 23.7 Å². The van der Waals surface area contributed by atoms with Crippen LogP contribution in [0.3, 0.4) is 0 Å². The van der Waals surface area contributed by atoms with Crippen LogP contribution in [0.25, 0.3) is 0 Å². The second-order valence-electron chi connectivity index (χ2n) is 6.83. The topological polar surface area (TPSA) is 84.9 Å². The number of fused-ring (bicyclic) bond motifs is 1. The van der Waals surface area contributed by atoms with Crippen LogP contribution in [-0.2, 0) is 25.5 Å². The third-order valence-corrected chi connectivity index (χ3v) is 3.59. The fourth-order valence-corrected chi connectivity index (χ4v) is 2.64. The lowest BCUT2D eigenvalue weighted by Crippen LogP contribution is -2.53. The van der Waals surface area contributed by atoms with Crippen LogP contribution < -0.4 is 10.4 Å². The Hall–Kier alpha value is -2.57. The third kappa shape index (κ3) is 4.95. The van der Waals surface area contributed by atoms with Gasteiger partial charge in [-0.3, -0.25) is 9.59 Å². The fraction of sp³-hybridized carbons (Fsp3) is 0.500. The van der Waals surface area contributed by atoms with E-state index in [1.54, 1.807) is 39.8 Å². The van der Waals surface area contributed by atoms with Gasteiger partial charge in [0.2, 0.25) is 5.91 Å². The summed E-state index contributed by atoms with van der Waals surface area (Å²) in [5.74, 6) is -1.39. The van der Waals surface area contributed by atoms with Crippen molar-refractivity contribution < 1.29 is 23.9 Å². The molecule has 0 saturated carbocycles. The average Bonchev–Trinajstić information content (AvgIpc) is 2.50. The maximum absolute atomic E-state index is 12.8. The number of carbonyl (C=O) groups is 3. The van der Waals surface area contributed by atoms with Crippen LogP contribution >= 0.6 is 0 Å². The van der Waals surface area contributed by atoms with E-state index in [-0.39, 0.29) is 18.9 Å². The smallest absolute Gasteiger partial charge is 0.427 e. The lowest BCUT2D eigenvalue weighted by atomic mass is 9.90. The van der Waals surface area contributed by atoms with E-state index in [2.05, 4.69) is 5.43 Å². The summed E-state index contributed by atoms with van der Waals surface area (Å²) in [6, 6.07) is 7.23. The highest BCUT2D eigenvalue weighted by atomic mass is 16.6. The molecule has 0 saturated heterocycles. The number of hydrogen-bond acceptors (Lipinski definition) is 5. The molecule has 0 aromatic heterocycles. The van der Waals surface area contributed by atoms with Crippen LogP contribution in [-0.4, -0.2) is 30.2 Å². The first-order valence-electron chi connectivity index (χ1n) is 8.28. The molecule has 1 aromatic carbocycles. The van der Waals surface area contributed by atoms with Gasteiger partial charge in [0, 0.05) is 0 Å². The summed E-state index contributed by atoms with van der Waals surface area (Å²) in [6.07, 6.45) is -0.346. The molecule has 2 amide bonds. The first-order chi connectivity index (χ1) is 11.7. The number of ether oxygens (including phenoxy) is 2. The van der Waals surface area contributed by atoms with Gasteiger partial charge in [0.05, 0.1) is 24.6 Å². The molecule has 0 fully saturated rings. The molecule has 1 aromatic rings. The first-order valence-corrected chi connectivity index (χ1v) is 8.28. The van der Waals surface area contributed by atoms with Crippen molar-refractivity contribution in [2.24, 2.45) is 5.92 Å². The van der Waals surface area contributed by atoms with Gasteiger partial charge in [-0.2, -0.15) is 0 Å². The summed E-state index contributed by atoms with van der Waals surface area (Å²) in [4.78, 5) is 36.7. The monoisotopic (exact) mass is 348 g/mol. The lowest BCUT2D eigenvalue weighted by molar-refractivity contribution is -0.146. The summed E-state index contributed by atoms with van der Waals surface area (Å²) < 4.78 is 10.2. The number of esters is 1. The van der Waals surface area contributed by atoms with E-state index < -0.39 is 23.6 Å². The van der Waals surface area contributed by atoms with Crippen LogP contribution in [0.5, 0.6) is 0 Å². The Kier molecular flexibility index (Phi) is 5.66. The minimum absolute atomic E-state index is 0.0342. The zero-order valence-corrected chi connectivity index (χ0v) is 15.0. The Bertz CT molecular complexity index is 666. The predicted molar refractivity (Wildman–Crippen MR) is 91.7 cm³/mol. The summed E-state index contributed by atoms with van der Waals surface area (Å²) in [6.45, 7) is 7.19. The number of nitrogens with zero attached hydrogens (tertiary/aromatic N) is 1. The molecule has 7 nitrogen and oxygen atoms in total. The Morgan fingerprint density at radius 3 is 2.60 bits per heavy atom. The van der Waals surface area contributed by atoms with E-state index >= 15 is 0 Å². The fourth-order valence-electron chi connectivity index (χ4n) is 2.64. The second kappa shape index (κ2) is 7.55. The molecule has 25 heavy (non-hydrogen) atoms. The highest BCUT2D eigenvalue weighted by molar-refractivity contribution is 6.00. The molecule has 1 aliphatic rings. The van der Waals surface area contributed by atoms with E-state index in [1.165, 1.54) is 0 Å². The molecule has 7 heteroatoms. The number of para-hydroxylation sites is 1. The van der Waals surface area contributed by atoms with Gasteiger partial charge in [-0.1, -0.05) is 18.2 Å². The number of hydrazine groups is 1. The van der Waals surface area contributed by atoms with Crippen LogP contribution in [0.4, 0.5) is 10.5 Å². The average molecular weight is 348 g/mol. The van der Waals surface area contributed by atoms with E-state index in [0.29, 0.717) is 12.1 Å². The quantitative estimate of drug-likeness (QED) is 0.846. The van der Waals surface area contributed by atoms with E-state index in [0.717, 1.165) is 10.6 Å². The summed E-state index contributed by atoms with van der Waals surface area (Å²) >= 11 is 0.